The average molecular weight is 378 g/mol. The molecule has 0 aliphatic rings. The van der Waals surface area contributed by atoms with Gasteiger partial charge in [-0.05, 0) is 18.7 Å². The summed E-state index contributed by atoms with van der Waals surface area (Å²) < 4.78 is 5.20. The van der Waals surface area contributed by atoms with Crippen LogP contribution in [0.1, 0.15) is 21.4 Å². The molecule has 0 atom stereocenters. The number of carbonyl (C=O) groups excluding carboxylic acids is 1. The molecule has 1 amide bonds. The van der Waals surface area contributed by atoms with Gasteiger partial charge < -0.3 is 15.6 Å². The minimum Gasteiger partial charge on any atom is -0.350 e. The first kappa shape index (κ1) is 17.5. The monoisotopic (exact) mass is 377 g/mol. The standard InChI is InChI=1S/C16H16ClN5O2S/c17-11-3-1-2-10(8-11)15-21-13(24-22-15)5-7-19-16(23)12-9-25-14(20-12)4-6-18/h1-3,8-9H,4-7,18H2,(H,19,23). The van der Waals surface area contributed by atoms with Crippen LogP contribution >= 0.6 is 22.9 Å². The van der Waals surface area contributed by atoms with E-state index in [-0.39, 0.29) is 5.91 Å². The summed E-state index contributed by atoms with van der Waals surface area (Å²) in [7, 11) is 0. The van der Waals surface area contributed by atoms with Crippen LogP contribution in [0.4, 0.5) is 0 Å². The van der Waals surface area contributed by atoms with Crippen LogP contribution in [0.5, 0.6) is 0 Å². The molecule has 0 spiro atoms. The molecule has 130 valence electrons. The minimum atomic E-state index is -0.228. The highest BCUT2D eigenvalue weighted by Crippen LogP contribution is 2.19. The second-order valence-electron chi connectivity index (χ2n) is 5.19. The van der Waals surface area contributed by atoms with Crippen molar-refractivity contribution < 1.29 is 9.32 Å². The summed E-state index contributed by atoms with van der Waals surface area (Å²) in [6.07, 6.45) is 1.10. The summed E-state index contributed by atoms with van der Waals surface area (Å²) in [6, 6.07) is 7.21. The fourth-order valence-corrected chi connectivity index (χ4v) is 3.11. The molecule has 2 aromatic heterocycles. The van der Waals surface area contributed by atoms with E-state index < -0.39 is 0 Å². The maximum Gasteiger partial charge on any atom is 0.270 e. The molecule has 0 fully saturated rings. The van der Waals surface area contributed by atoms with E-state index >= 15 is 0 Å². The van der Waals surface area contributed by atoms with Crippen molar-refractivity contribution in [3.05, 3.63) is 51.3 Å². The Hall–Kier alpha value is -2.29. The van der Waals surface area contributed by atoms with Crippen molar-refractivity contribution in [1.82, 2.24) is 20.4 Å². The number of aromatic nitrogens is 3. The van der Waals surface area contributed by atoms with E-state index in [2.05, 4.69) is 20.4 Å². The predicted octanol–water partition coefficient (Wildman–Crippen LogP) is 2.32. The van der Waals surface area contributed by atoms with Crippen LogP contribution in [0.3, 0.4) is 0 Å². The summed E-state index contributed by atoms with van der Waals surface area (Å²) in [5.74, 6) is 0.682. The van der Waals surface area contributed by atoms with E-state index in [9.17, 15) is 4.79 Å². The number of benzene rings is 1. The Bertz CT molecular complexity index is 864. The second-order valence-corrected chi connectivity index (χ2v) is 6.57. The molecule has 0 aliphatic carbocycles. The van der Waals surface area contributed by atoms with Crippen molar-refractivity contribution in [1.29, 1.82) is 0 Å². The molecule has 25 heavy (non-hydrogen) atoms. The second kappa shape index (κ2) is 8.19. The van der Waals surface area contributed by atoms with Gasteiger partial charge in [-0.2, -0.15) is 4.98 Å². The molecule has 3 rings (SSSR count). The van der Waals surface area contributed by atoms with Gasteiger partial charge in [0, 0.05) is 35.4 Å². The molecule has 0 bridgehead atoms. The van der Waals surface area contributed by atoms with Crippen LogP contribution in [0, 0.1) is 0 Å². The third-order valence-corrected chi connectivity index (χ3v) is 4.46. The van der Waals surface area contributed by atoms with Gasteiger partial charge in [-0.25, -0.2) is 4.98 Å². The highest BCUT2D eigenvalue weighted by atomic mass is 35.5. The summed E-state index contributed by atoms with van der Waals surface area (Å²) in [4.78, 5) is 20.6. The SMILES string of the molecule is NCCc1nc(C(=O)NCCc2nc(-c3cccc(Cl)c3)no2)cs1. The molecule has 0 saturated carbocycles. The highest BCUT2D eigenvalue weighted by molar-refractivity contribution is 7.09. The van der Waals surface area contributed by atoms with Gasteiger partial charge in [-0.1, -0.05) is 28.9 Å². The molecule has 0 aliphatic heterocycles. The Morgan fingerprint density at radius 1 is 1.32 bits per heavy atom. The summed E-state index contributed by atoms with van der Waals surface area (Å²) in [5.41, 5.74) is 6.66. The number of nitrogens with two attached hydrogens (primary N) is 1. The van der Waals surface area contributed by atoms with E-state index in [4.69, 9.17) is 21.9 Å². The molecule has 2 heterocycles. The fourth-order valence-electron chi connectivity index (χ4n) is 2.13. The van der Waals surface area contributed by atoms with Crippen LogP contribution in [0.15, 0.2) is 34.2 Å². The van der Waals surface area contributed by atoms with Crippen molar-refractivity contribution in [2.24, 2.45) is 5.73 Å². The predicted molar refractivity (Wildman–Crippen MR) is 95.7 cm³/mol. The number of thiazole rings is 1. The van der Waals surface area contributed by atoms with E-state index in [0.29, 0.717) is 48.4 Å². The van der Waals surface area contributed by atoms with Gasteiger partial charge in [0.1, 0.15) is 5.69 Å². The zero-order chi connectivity index (χ0) is 17.6. The number of hydrogen-bond acceptors (Lipinski definition) is 7. The van der Waals surface area contributed by atoms with Crippen LogP contribution in [-0.4, -0.2) is 34.1 Å². The van der Waals surface area contributed by atoms with Crippen LogP contribution in [0.2, 0.25) is 5.02 Å². The van der Waals surface area contributed by atoms with Crippen LogP contribution < -0.4 is 11.1 Å². The van der Waals surface area contributed by atoms with Crippen LogP contribution in [0.25, 0.3) is 11.4 Å². The molecule has 0 saturated heterocycles. The first-order chi connectivity index (χ1) is 12.2. The first-order valence-corrected chi connectivity index (χ1v) is 8.92. The third-order valence-electron chi connectivity index (χ3n) is 3.32. The van der Waals surface area contributed by atoms with E-state index in [1.165, 1.54) is 11.3 Å². The van der Waals surface area contributed by atoms with E-state index in [0.717, 1.165) is 10.6 Å². The van der Waals surface area contributed by atoms with Crippen molar-refractivity contribution in [3.8, 4) is 11.4 Å². The lowest BCUT2D eigenvalue weighted by Crippen LogP contribution is -2.26. The smallest absolute Gasteiger partial charge is 0.270 e. The lowest BCUT2D eigenvalue weighted by atomic mass is 10.2. The molecule has 0 unspecified atom stereocenters. The quantitative estimate of drug-likeness (QED) is 0.654. The molecule has 3 N–H and O–H groups in total. The molecule has 9 heteroatoms. The van der Waals surface area contributed by atoms with E-state index in [1.807, 2.05) is 12.1 Å². The molecular formula is C16H16ClN5O2S. The number of amides is 1. The van der Waals surface area contributed by atoms with E-state index in [1.54, 1.807) is 17.5 Å². The van der Waals surface area contributed by atoms with Gasteiger partial charge in [0.2, 0.25) is 11.7 Å². The highest BCUT2D eigenvalue weighted by Gasteiger charge is 2.12. The van der Waals surface area contributed by atoms with Gasteiger partial charge in [0.05, 0.1) is 5.01 Å². The minimum absolute atomic E-state index is 0.228. The fraction of sp³-hybridized carbons (Fsp3) is 0.250. The van der Waals surface area contributed by atoms with Gasteiger partial charge >= 0.3 is 0 Å². The zero-order valence-corrected chi connectivity index (χ0v) is 14.8. The average Bonchev–Trinajstić information content (AvgIpc) is 3.25. The number of rotatable bonds is 7. The maximum atomic E-state index is 12.0. The number of nitrogens with zero attached hydrogens (tertiary/aromatic N) is 3. The van der Waals surface area contributed by atoms with Crippen LogP contribution in [-0.2, 0) is 12.8 Å². The van der Waals surface area contributed by atoms with Crippen molar-refractivity contribution in [2.75, 3.05) is 13.1 Å². The lowest BCUT2D eigenvalue weighted by Gasteiger charge is -2.00. The largest absolute Gasteiger partial charge is 0.350 e. The number of nitrogens with one attached hydrogen (secondary N) is 1. The van der Waals surface area contributed by atoms with Crippen molar-refractivity contribution >= 4 is 28.8 Å². The molecule has 3 aromatic rings. The normalized spacial score (nSPS) is 10.8. The van der Waals surface area contributed by atoms with Gasteiger partial charge in [-0.3, -0.25) is 4.79 Å². The summed E-state index contributed by atoms with van der Waals surface area (Å²) in [6.45, 7) is 0.889. The van der Waals surface area contributed by atoms with Crippen molar-refractivity contribution in [3.63, 3.8) is 0 Å². The summed E-state index contributed by atoms with van der Waals surface area (Å²) in [5, 5.41) is 9.90. The first-order valence-electron chi connectivity index (χ1n) is 7.67. The molecular weight excluding hydrogens is 362 g/mol. The van der Waals surface area contributed by atoms with Gasteiger partial charge in [0.15, 0.2) is 0 Å². The Morgan fingerprint density at radius 3 is 3.00 bits per heavy atom. The Balaban J connectivity index is 1.53. The number of hydrogen-bond donors (Lipinski definition) is 2. The van der Waals surface area contributed by atoms with Gasteiger partial charge in [0.25, 0.3) is 5.91 Å². The Kier molecular flexibility index (Phi) is 5.75. The molecule has 0 radical (unpaired) electrons. The summed E-state index contributed by atoms with van der Waals surface area (Å²) >= 11 is 7.38. The lowest BCUT2D eigenvalue weighted by molar-refractivity contribution is 0.0949. The Morgan fingerprint density at radius 2 is 2.20 bits per heavy atom. The van der Waals surface area contributed by atoms with Gasteiger partial charge in [-0.15, -0.1) is 11.3 Å². The van der Waals surface area contributed by atoms with Crippen molar-refractivity contribution in [2.45, 2.75) is 12.8 Å². The number of carbonyl (C=O) groups is 1. The maximum absolute atomic E-state index is 12.0. The molecule has 1 aromatic carbocycles. The zero-order valence-electron chi connectivity index (χ0n) is 13.2. The topological polar surface area (TPSA) is 107 Å². The number of halogens is 1. The Labute approximate surface area is 153 Å². The third kappa shape index (κ3) is 4.62. The molecule has 7 nitrogen and oxygen atoms in total.